The highest BCUT2D eigenvalue weighted by atomic mass is 35.5. The lowest BCUT2D eigenvalue weighted by atomic mass is 10.3. The molecule has 5 nitrogen and oxygen atoms in total. The van der Waals surface area contributed by atoms with Gasteiger partial charge in [-0.05, 0) is 18.6 Å². The molecule has 0 aromatic carbocycles. The SMILES string of the molecule is OCCC=Cc1cnn(-c2ccc(Cl)nn2)c1. The fourth-order valence-electron chi connectivity index (χ4n) is 1.27. The molecule has 0 aliphatic heterocycles. The third-order valence-electron chi connectivity index (χ3n) is 2.06. The second-order valence-electron chi connectivity index (χ2n) is 3.35. The van der Waals surface area contributed by atoms with Crippen LogP contribution in [-0.2, 0) is 0 Å². The maximum Gasteiger partial charge on any atom is 0.175 e. The van der Waals surface area contributed by atoms with Crippen LogP contribution in [0.1, 0.15) is 12.0 Å². The van der Waals surface area contributed by atoms with Gasteiger partial charge in [0.1, 0.15) is 0 Å². The summed E-state index contributed by atoms with van der Waals surface area (Å²) < 4.78 is 1.61. The Bertz CT molecular complexity index is 506. The predicted molar refractivity (Wildman–Crippen MR) is 64.9 cm³/mol. The number of hydrogen-bond acceptors (Lipinski definition) is 4. The first-order valence-corrected chi connectivity index (χ1v) is 5.49. The largest absolute Gasteiger partial charge is 0.396 e. The van der Waals surface area contributed by atoms with Crippen LogP contribution in [0.15, 0.2) is 30.6 Å². The highest BCUT2D eigenvalue weighted by Crippen LogP contribution is 2.08. The molecule has 0 fully saturated rings. The second-order valence-corrected chi connectivity index (χ2v) is 3.73. The van der Waals surface area contributed by atoms with Gasteiger partial charge in [-0.3, -0.25) is 0 Å². The zero-order chi connectivity index (χ0) is 12.1. The molecule has 0 saturated carbocycles. The van der Waals surface area contributed by atoms with Gasteiger partial charge in [-0.25, -0.2) is 4.68 Å². The number of hydrogen-bond donors (Lipinski definition) is 1. The van der Waals surface area contributed by atoms with Crippen molar-refractivity contribution in [1.82, 2.24) is 20.0 Å². The Labute approximate surface area is 103 Å². The molecule has 6 heteroatoms. The van der Waals surface area contributed by atoms with E-state index >= 15 is 0 Å². The maximum absolute atomic E-state index is 8.65. The smallest absolute Gasteiger partial charge is 0.175 e. The van der Waals surface area contributed by atoms with Crippen LogP contribution in [0.3, 0.4) is 0 Å². The second kappa shape index (κ2) is 5.56. The van der Waals surface area contributed by atoms with Crippen LogP contribution in [0, 0.1) is 0 Å². The highest BCUT2D eigenvalue weighted by Gasteiger charge is 2.00. The summed E-state index contributed by atoms with van der Waals surface area (Å²) in [4.78, 5) is 0. The van der Waals surface area contributed by atoms with Gasteiger partial charge >= 0.3 is 0 Å². The van der Waals surface area contributed by atoms with Gasteiger partial charge in [-0.2, -0.15) is 5.10 Å². The van der Waals surface area contributed by atoms with Crippen molar-refractivity contribution >= 4 is 17.7 Å². The Morgan fingerprint density at radius 3 is 2.94 bits per heavy atom. The van der Waals surface area contributed by atoms with Gasteiger partial charge in [-0.15, -0.1) is 10.2 Å². The zero-order valence-corrected chi connectivity index (χ0v) is 9.75. The molecule has 2 aromatic heterocycles. The van der Waals surface area contributed by atoms with E-state index in [4.69, 9.17) is 16.7 Å². The van der Waals surface area contributed by atoms with E-state index in [1.807, 2.05) is 18.3 Å². The van der Waals surface area contributed by atoms with Crippen molar-refractivity contribution < 1.29 is 5.11 Å². The number of rotatable bonds is 4. The highest BCUT2D eigenvalue weighted by molar-refractivity contribution is 6.29. The fraction of sp³-hybridized carbons (Fsp3) is 0.182. The summed E-state index contributed by atoms with van der Waals surface area (Å²) in [7, 11) is 0. The molecule has 0 bridgehead atoms. The Balaban J connectivity index is 2.15. The van der Waals surface area contributed by atoms with E-state index in [9.17, 15) is 0 Å². The Morgan fingerprint density at radius 1 is 1.35 bits per heavy atom. The van der Waals surface area contributed by atoms with Gasteiger partial charge in [0.2, 0.25) is 0 Å². The van der Waals surface area contributed by atoms with Crippen molar-refractivity contribution in [2.75, 3.05) is 6.61 Å². The van der Waals surface area contributed by atoms with Gasteiger partial charge < -0.3 is 5.11 Å². The Morgan fingerprint density at radius 2 is 2.24 bits per heavy atom. The molecule has 2 aromatic rings. The molecule has 0 aliphatic rings. The summed E-state index contributed by atoms with van der Waals surface area (Å²) in [6.45, 7) is 0.146. The minimum atomic E-state index is 0.146. The molecule has 0 saturated heterocycles. The van der Waals surface area contributed by atoms with E-state index in [1.165, 1.54) is 0 Å². The first-order valence-electron chi connectivity index (χ1n) is 5.11. The number of aliphatic hydroxyl groups excluding tert-OH is 1. The average molecular weight is 251 g/mol. The van der Waals surface area contributed by atoms with Crippen LogP contribution in [0.5, 0.6) is 0 Å². The topological polar surface area (TPSA) is 63.8 Å². The maximum atomic E-state index is 8.65. The van der Waals surface area contributed by atoms with E-state index in [2.05, 4.69) is 15.3 Å². The summed E-state index contributed by atoms with van der Waals surface area (Å²) >= 11 is 5.65. The average Bonchev–Trinajstić information content (AvgIpc) is 2.79. The van der Waals surface area contributed by atoms with Crippen molar-refractivity contribution in [1.29, 1.82) is 0 Å². The molecule has 0 unspecified atom stereocenters. The normalized spacial score (nSPS) is 11.2. The van der Waals surface area contributed by atoms with Crippen LogP contribution < -0.4 is 0 Å². The molecule has 1 N–H and O–H groups in total. The Hall–Kier alpha value is -1.72. The summed E-state index contributed by atoms with van der Waals surface area (Å²) in [6.07, 6.45) is 7.94. The third-order valence-corrected chi connectivity index (χ3v) is 2.26. The summed E-state index contributed by atoms with van der Waals surface area (Å²) in [6, 6.07) is 3.40. The van der Waals surface area contributed by atoms with E-state index in [0.29, 0.717) is 17.4 Å². The molecule has 0 aliphatic carbocycles. The monoisotopic (exact) mass is 250 g/mol. The number of aromatic nitrogens is 4. The lowest BCUT2D eigenvalue weighted by Crippen LogP contribution is -1.98. The number of nitrogens with zero attached hydrogens (tertiary/aromatic N) is 4. The summed E-state index contributed by atoms with van der Waals surface area (Å²) in [5.74, 6) is 0.608. The minimum Gasteiger partial charge on any atom is -0.396 e. The van der Waals surface area contributed by atoms with E-state index in [1.54, 1.807) is 23.0 Å². The van der Waals surface area contributed by atoms with Crippen LogP contribution in [0.4, 0.5) is 0 Å². The molecule has 2 heterocycles. The molecular formula is C11H11ClN4O. The lowest BCUT2D eigenvalue weighted by molar-refractivity contribution is 0.303. The first-order chi connectivity index (χ1) is 8.29. The lowest BCUT2D eigenvalue weighted by Gasteiger charge is -1.97. The van der Waals surface area contributed by atoms with Crippen LogP contribution in [-0.4, -0.2) is 31.7 Å². The van der Waals surface area contributed by atoms with Crippen molar-refractivity contribution in [2.45, 2.75) is 6.42 Å². The van der Waals surface area contributed by atoms with Gasteiger partial charge in [0.25, 0.3) is 0 Å². The molecular weight excluding hydrogens is 240 g/mol. The summed E-state index contributed by atoms with van der Waals surface area (Å²) in [5.41, 5.74) is 0.940. The van der Waals surface area contributed by atoms with Gasteiger partial charge in [0.15, 0.2) is 11.0 Å². The van der Waals surface area contributed by atoms with Gasteiger partial charge in [0, 0.05) is 18.4 Å². The number of halogens is 1. The minimum absolute atomic E-state index is 0.146. The van der Waals surface area contributed by atoms with Crippen LogP contribution >= 0.6 is 11.6 Å². The fourth-order valence-corrected chi connectivity index (χ4v) is 1.37. The van der Waals surface area contributed by atoms with E-state index in [-0.39, 0.29) is 6.61 Å². The standard InChI is InChI=1S/C11H11ClN4O/c12-10-4-5-11(15-14-10)16-8-9(7-13-16)3-1-2-6-17/h1,3-5,7-8,17H,2,6H2. The molecule has 17 heavy (non-hydrogen) atoms. The van der Waals surface area contributed by atoms with Gasteiger partial charge in [0.05, 0.1) is 6.20 Å². The summed E-state index contributed by atoms with van der Waals surface area (Å²) in [5, 5.41) is 20.8. The molecule has 0 radical (unpaired) electrons. The molecule has 2 rings (SSSR count). The Kier molecular flexibility index (Phi) is 3.85. The molecule has 88 valence electrons. The van der Waals surface area contributed by atoms with Crippen molar-refractivity contribution in [3.63, 3.8) is 0 Å². The molecule has 0 amide bonds. The van der Waals surface area contributed by atoms with Crippen LogP contribution in [0.25, 0.3) is 11.9 Å². The van der Waals surface area contributed by atoms with Crippen molar-refractivity contribution in [3.8, 4) is 5.82 Å². The first kappa shape index (κ1) is 11.8. The zero-order valence-electron chi connectivity index (χ0n) is 8.99. The third kappa shape index (κ3) is 3.12. The van der Waals surface area contributed by atoms with Crippen LogP contribution in [0.2, 0.25) is 5.15 Å². The number of aliphatic hydroxyl groups is 1. The van der Waals surface area contributed by atoms with E-state index in [0.717, 1.165) is 5.56 Å². The van der Waals surface area contributed by atoms with Crippen molar-refractivity contribution in [2.24, 2.45) is 0 Å². The predicted octanol–water partition coefficient (Wildman–Crippen LogP) is 1.71. The van der Waals surface area contributed by atoms with E-state index < -0.39 is 0 Å². The van der Waals surface area contributed by atoms with Crippen molar-refractivity contribution in [3.05, 3.63) is 41.3 Å². The van der Waals surface area contributed by atoms with Gasteiger partial charge in [-0.1, -0.05) is 23.8 Å². The molecule has 0 spiro atoms. The quantitative estimate of drug-likeness (QED) is 0.897. The molecule has 0 atom stereocenters.